The molecule has 1 N–H and O–H groups in total. The summed E-state index contributed by atoms with van der Waals surface area (Å²) in [5.41, 5.74) is 0. The molecular weight excluding hydrogens is 318 g/mol. The number of ether oxygens (including phenoxy) is 1. The highest BCUT2D eigenvalue weighted by molar-refractivity contribution is 7.89. The van der Waals surface area contributed by atoms with E-state index in [1.807, 2.05) is 0 Å². The summed E-state index contributed by atoms with van der Waals surface area (Å²) in [7, 11) is -2.71. The highest BCUT2D eigenvalue weighted by atomic mass is 32.2. The maximum atomic E-state index is 12.6. The Kier molecular flexibility index (Phi) is 4.64. The van der Waals surface area contributed by atoms with Crippen molar-refractivity contribution in [2.24, 2.45) is 5.92 Å². The smallest absolute Gasteiger partial charge is 0.349 e. The summed E-state index contributed by atoms with van der Waals surface area (Å²) in [5.74, 6) is -2.43. The molecule has 0 aromatic carbocycles. The molecule has 0 amide bonds. The highest BCUT2D eigenvalue weighted by Crippen LogP contribution is 2.29. The fraction of sp³-hybridized carbons (Fsp3) is 0.500. The Hall–Kier alpha value is -1.45. The second-order valence-corrected chi connectivity index (χ2v) is 7.47. The number of esters is 1. The van der Waals surface area contributed by atoms with Crippen molar-refractivity contribution >= 4 is 33.3 Å². The highest BCUT2D eigenvalue weighted by Gasteiger charge is 2.35. The largest absolute Gasteiger partial charge is 0.481 e. The second kappa shape index (κ2) is 6.12. The van der Waals surface area contributed by atoms with E-state index in [-0.39, 0.29) is 22.9 Å². The Bertz CT molecular complexity index is 650. The topological polar surface area (TPSA) is 101 Å². The van der Waals surface area contributed by atoms with Gasteiger partial charge in [-0.25, -0.2) is 13.2 Å². The number of aliphatic carboxylic acids is 1. The van der Waals surface area contributed by atoms with E-state index in [2.05, 4.69) is 4.74 Å². The third-order valence-electron chi connectivity index (χ3n) is 3.35. The Morgan fingerprint density at radius 2 is 2.19 bits per heavy atom. The van der Waals surface area contributed by atoms with Crippen molar-refractivity contribution in [3.8, 4) is 0 Å². The third kappa shape index (κ3) is 3.09. The van der Waals surface area contributed by atoms with Crippen LogP contribution in [-0.2, 0) is 19.6 Å². The molecule has 0 aliphatic carbocycles. The lowest BCUT2D eigenvalue weighted by atomic mass is 10.0. The first kappa shape index (κ1) is 15.9. The van der Waals surface area contributed by atoms with E-state index < -0.39 is 27.9 Å². The lowest BCUT2D eigenvalue weighted by Gasteiger charge is -2.29. The molecule has 1 aromatic rings. The Labute approximate surface area is 126 Å². The minimum Gasteiger partial charge on any atom is -0.481 e. The van der Waals surface area contributed by atoms with Gasteiger partial charge in [0.25, 0.3) is 0 Å². The summed E-state index contributed by atoms with van der Waals surface area (Å²) in [6.45, 7) is 0.177. The molecule has 7 nitrogen and oxygen atoms in total. The van der Waals surface area contributed by atoms with E-state index in [0.717, 1.165) is 15.6 Å². The molecule has 1 aliphatic heterocycles. The average molecular weight is 333 g/mol. The number of rotatable bonds is 4. The maximum Gasteiger partial charge on any atom is 0.349 e. The zero-order valence-electron chi connectivity index (χ0n) is 11.3. The van der Waals surface area contributed by atoms with Gasteiger partial charge in [-0.05, 0) is 24.3 Å². The minimum atomic E-state index is -3.89. The molecule has 0 saturated carbocycles. The lowest BCUT2D eigenvalue weighted by molar-refractivity contribution is -0.142. The number of hydrogen-bond acceptors (Lipinski definition) is 6. The van der Waals surface area contributed by atoms with Gasteiger partial charge in [0, 0.05) is 13.1 Å². The monoisotopic (exact) mass is 333 g/mol. The van der Waals surface area contributed by atoms with Crippen molar-refractivity contribution in [1.82, 2.24) is 4.31 Å². The van der Waals surface area contributed by atoms with Gasteiger partial charge in [0.15, 0.2) is 0 Å². The number of hydrogen-bond donors (Lipinski definition) is 1. The van der Waals surface area contributed by atoms with Gasteiger partial charge in [-0.2, -0.15) is 4.31 Å². The Morgan fingerprint density at radius 1 is 1.48 bits per heavy atom. The molecule has 0 bridgehead atoms. The molecular formula is C12H15NO6S2. The van der Waals surface area contributed by atoms with E-state index in [1.54, 1.807) is 0 Å². The maximum absolute atomic E-state index is 12.6. The van der Waals surface area contributed by atoms with Crippen LogP contribution in [0.4, 0.5) is 0 Å². The molecule has 1 fully saturated rings. The summed E-state index contributed by atoms with van der Waals surface area (Å²) in [6, 6.07) is 1.34. The van der Waals surface area contributed by atoms with Gasteiger partial charge >= 0.3 is 11.9 Å². The van der Waals surface area contributed by atoms with Crippen molar-refractivity contribution in [2.75, 3.05) is 20.2 Å². The van der Waals surface area contributed by atoms with Crippen molar-refractivity contribution in [3.63, 3.8) is 0 Å². The van der Waals surface area contributed by atoms with Crippen LogP contribution >= 0.6 is 11.3 Å². The first-order valence-corrected chi connectivity index (χ1v) is 8.58. The van der Waals surface area contributed by atoms with Crippen molar-refractivity contribution in [1.29, 1.82) is 0 Å². The summed E-state index contributed by atoms with van der Waals surface area (Å²) in [4.78, 5) is 22.5. The van der Waals surface area contributed by atoms with Crippen molar-refractivity contribution in [3.05, 3.63) is 16.3 Å². The summed E-state index contributed by atoms with van der Waals surface area (Å²) in [5, 5.41) is 10.5. The van der Waals surface area contributed by atoms with E-state index >= 15 is 0 Å². The summed E-state index contributed by atoms with van der Waals surface area (Å²) in [6.07, 6.45) is 0.933. The van der Waals surface area contributed by atoms with E-state index in [4.69, 9.17) is 5.11 Å². The molecule has 0 spiro atoms. The standard InChI is InChI=1S/C12H15NO6S2/c1-19-12(16)10-9(4-6-20-10)21(17,18)13-5-2-3-8(7-13)11(14)15/h4,6,8H,2-3,5,7H2,1H3,(H,14,15)/t8-/m0/s1. The average Bonchev–Trinajstić information content (AvgIpc) is 2.96. The fourth-order valence-electron chi connectivity index (χ4n) is 2.24. The molecule has 21 heavy (non-hydrogen) atoms. The van der Waals surface area contributed by atoms with Crippen LogP contribution < -0.4 is 0 Å². The Balaban J connectivity index is 2.32. The SMILES string of the molecule is COC(=O)c1sccc1S(=O)(=O)N1CCC[C@H](C(=O)O)C1. The fourth-order valence-corrected chi connectivity index (χ4v) is 5.08. The van der Waals surface area contributed by atoms with Crippen LogP contribution in [0.1, 0.15) is 22.5 Å². The van der Waals surface area contributed by atoms with Crippen LogP contribution in [-0.4, -0.2) is 50.0 Å². The number of carboxylic acid groups (broad SMARTS) is 1. The summed E-state index contributed by atoms with van der Waals surface area (Å²) < 4.78 is 30.9. The predicted molar refractivity (Wildman–Crippen MR) is 74.8 cm³/mol. The predicted octanol–water partition coefficient (Wildman–Crippen LogP) is 1.02. The molecule has 9 heteroatoms. The van der Waals surface area contributed by atoms with Gasteiger partial charge < -0.3 is 9.84 Å². The number of piperidine rings is 1. The van der Waals surface area contributed by atoms with Crippen LogP contribution in [0.3, 0.4) is 0 Å². The number of methoxy groups -OCH3 is 1. The number of carbonyl (C=O) groups excluding carboxylic acids is 1. The molecule has 2 rings (SSSR count). The molecule has 1 saturated heterocycles. The minimum absolute atomic E-state index is 0.00921. The van der Waals surface area contributed by atoms with Gasteiger partial charge in [0.05, 0.1) is 13.0 Å². The zero-order chi connectivity index (χ0) is 15.6. The molecule has 2 heterocycles. The van der Waals surface area contributed by atoms with Gasteiger partial charge in [-0.15, -0.1) is 11.3 Å². The number of thiophene rings is 1. The van der Waals surface area contributed by atoms with Gasteiger partial charge in [-0.1, -0.05) is 0 Å². The second-order valence-electron chi connectivity index (χ2n) is 4.65. The zero-order valence-corrected chi connectivity index (χ0v) is 12.9. The lowest BCUT2D eigenvalue weighted by Crippen LogP contribution is -2.42. The van der Waals surface area contributed by atoms with E-state index in [0.29, 0.717) is 12.8 Å². The van der Waals surface area contributed by atoms with E-state index in [1.165, 1.54) is 18.6 Å². The van der Waals surface area contributed by atoms with Crippen LogP contribution in [0.15, 0.2) is 16.3 Å². The van der Waals surface area contributed by atoms with Crippen molar-refractivity contribution < 1.29 is 27.9 Å². The van der Waals surface area contributed by atoms with Crippen LogP contribution in [0.25, 0.3) is 0 Å². The number of carboxylic acids is 1. The molecule has 1 aliphatic rings. The normalized spacial score (nSPS) is 20.1. The van der Waals surface area contributed by atoms with E-state index in [9.17, 15) is 18.0 Å². The molecule has 0 unspecified atom stereocenters. The summed E-state index contributed by atoms with van der Waals surface area (Å²) >= 11 is 0.984. The first-order chi connectivity index (χ1) is 9.87. The van der Waals surface area contributed by atoms with Gasteiger partial charge in [0.1, 0.15) is 9.77 Å². The van der Waals surface area contributed by atoms with Gasteiger partial charge in [0.2, 0.25) is 10.0 Å². The third-order valence-corrected chi connectivity index (χ3v) is 6.28. The quantitative estimate of drug-likeness (QED) is 0.826. The van der Waals surface area contributed by atoms with Crippen LogP contribution in [0.2, 0.25) is 0 Å². The molecule has 116 valence electrons. The number of carbonyl (C=O) groups is 2. The Morgan fingerprint density at radius 3 is 2.81 bits per heavy atom. The van der Waals surface area contributed by atoms with Gasteiger partial charge in [-0.3, -0.25) is 4.79 Å². The number of sulfonamides is 1. The molecule has 0 radical (unpaired) electrons. The van der Waals surface area contributed by atoms with Crippen molar-refractivity contribution in [2.45, 2.75) is 17.7 Å². The number of nitrogens with zero attached hydrogens (tertiary/aromatic N) is 1. The molecule has 1 aromatic heterocycles. The first-order valence-electron chi connectivity index (χ1n) is 6.26. The molecule has 1 atom stereocenters. The van der Waals surface area contributed by atoms with Crippen LogP contribution in [0, 0.1) is 5.92 Å². The van der Waals surface area contributed by atoms with Crippen LogP contribution in [0.5, 0.6) is 0 Å².